The first kappa shape index (κ1) is 23.5. The number of urea groups is 1. The zero-order chi connectivity index (χ0) is 23.0. The predicted molar refractivity (Wildman–Crippen MR) is 117 cm³/mol. The molecule has 2 unspecified atom stereocenters. The van der Waals surface area contributed by atoms with Crippen molar-refractivity contribution in [1.82, 2.24) is 15.1 Å². The summed E-state index contributed by atoms with van der Waals surface area (Å²) in [4.78, 5) is 41.6. The molecule has 0 spiro atoms. The van der Waals surface area contributed by atoms with Crippen LogP contribution in [0.15, 0.2) is 24.3 Å². The number of sulfone groups is 1. The Hall–Kier alpha value is -2.13. The van der Waals surface area contributed by atoms with E-state index in [0.29, 0.717) is 30.0 Å². The van der Waals surface area contributed by atoms with Crippen molar-refractivity contribution in [2.75, 3.05) is 24.6 Å². The molecule has 2 fully saturated rings. The van der Waals surface area contributed by atoms with E-state index in [2.05, 4.69) is 5.32 Å². The lowest BCUT2D eigenvalue weighted by Crippen LogP contribution is -2.49. The average molecular weight is 470 g/mol. The first-order chi connectivity index (χ1) is 14.5. The third-order valence-corrected chi connectivity index (χ3v) is 7.87. The summed E-state index contributed by atoms with van der Waals surface area (Å²) in [5, 5.41) is 3.26. The van der Waals surface area contributed by atoms with Crippen LogP contribution in [0.25, 0.3) is 0 Å². The molecule has 2 saturated heterocycles. The Balaban J connectivity index is 1.83. The van der Waals surface area contributed by atoms with E-state index in [1.54, 1.807) is 31.2 Å². The van der Waals surface area contributed by atoms with E-state index in [4.69, 9.17) is 11.6 Å². The van der Waals surface area contributed by atoms with Crippen LogP contribution in [-0.2, 0) is 25.0 Å². The van der Waals surface area contributed by atoms with Gasteiger partial charge in [-0.15, -0.1) is 0 Å². The number of rotatable bonds is 7. The number of carbonyl (C=O) groups is 3. The van der Waals surface area contributed by atoms with Crippen LogP contribution in [0.5, 0.6) is 0 Å². The van der Waals surface area contributed by atoms with E-state index < -0.39 is 45.8 Å². The fourth-order valence-corrected chi connectivity index (χ4v) is 6.10. The number of carbonyl (C=O) groups excluding carboxylic acids is 3. The number of imide groups is 1. The van der Waals surface area contributed by atoms with E-state index in [0.717, 1.165) is 4.90 Å². The summed E-state index contributed by atoms with van der Waals surface area (Å²) in [6, 6.07) is 5.58. The van der Waals surface area contributed by atoms with Gasteiger partial charge in [-0.3, -0.25) is 14.5 Å². The van der Waals surface area contributed by atoms with Crippen molar-refractivity contribution in [3.8, 4) is 0 Å². The highest BCUT2D eigenvalue weighted by molar-refractivity contribution is 7.91. The van der Waals surface area contributed by atoms with E-state index in [9.17, 15) is 22.8 Å². The molecular formula is C21H28ClN3O5S. The van der Waals surface area contributed by atoms with Gasteiger partial charge >= 0.3 is 6.03 Å². The maximum absolute atomic E-state index is 13.3. The molecule has 0 saturated carbocycles. The molecule has 0 bridgehead atoms. The number of hydrogen-bond acceptors (Lipinski definition) is 5. The Morgan fingerprint density at radius 1 is 1.29 bits per heavy atom. The lowest BCUT2D eigenvalue weighted by Gasteiger charge is -2.31. The van der Waals surface area contributed by atoms with E-state index in [1.807, 2.05) is 13.8 Å². The lowest BCUT2D eigenvalue weighted by molar-refractivity contribution is -0.140. The van der Waals surface area contributed by atoms with Crippen molar-refractivity contribution in [3.05, 3.63) is 34.9 Å². The maximum atomic E-state index is 13.3. The minimum atomic E-state index is -3.19. The van der Waals surface area contributed by atoms with Gasteiger partial charge in [0.25, 0.3) is 5.91 Å². The van der Waals surface area contributed by atoms with Crippen molar-refractivity contribution in [2.24, 2.45) is 5.92 Å². The van der Waals surface area contributed by atoms with Gasteiger partial charge in [0.1, 0.15) is 12.1 Å². The quantitative estimate of drug-likeness (QED) is 0.616. The van der Waals surface area contributed by atoms with Gasteiger partial charge in [0, 0.05) is 17.6 Å². The van der Waals surface area contributed by atoms with Gasteiger partial charge in [0.05, 0.1) is 11.5 Å². The molecule has 8 nitrogen and oxygen atoms in total. The predicted octanol–water partition coefficient (Wildman–Crippen LogP) is 2.17. The van der Waals surface area contributed by atoms with Crippen molar-refractivity contribution in [2.45, 2.75) is 45.2 Å². The van der Waals surface area contributed by atoms with Crippen molar-refractivity contribution in [3.63, 3.8) is 0 Å². The normalized spacial score (nSPS) is 25.2. The lowest BCUT2D eigenvalue weighted by atomic mass is 9.87. The monoisotopic (exact) mass is 469 g/mol. The van der Waals surface area contributed by atoms with Crippen LogP contribution in [0.4, 0.5) is 4.79 Å². The van der Waals surface area contributed by atoms with Gasteiger partial charge in [-0.2, -0.15) is 0 Å². The van der Waals surface area contributed by atoms with Gasteiger partial charge < -0.3 is 10.2 Å². The molecule has 1 aromatic carbocycles. The first-order valence-electron chi connectivity index (χ1n) is 10.4. The maximum Gasteiger partial charge on any atom is 0.325 e. The molecule has 2 atom stereocenters. The summed E-state index contributed by atoms with van der Waals surface area (Å²) in [7, 11) is -3.19. The second-order valence-corrected chi connectivity index (χ2v) is 11.2. The molecule has 1 N–H and O–H groups in total. The molecule has 3 rings (SSSR count). The van der Waals surface area contributed by atoms with Crippen LogP contribution >= 0.6 is 11.6 Å². The standard InChI is InChI=1S/C21H28ClN3O5S/c1-4-21(15-5-7-16(22)8-6-15)19(27)25(20(28)23-21)12-18(26)24(11-14(2)3)17-9-10-31(29,30)13-17/h5-8,14,17H,4,9-13H2,1-3H3,(H,23,28). The molecule has 4 amide bonds. The number of nitrogens with one attached hydrogen (secondary N) is 1. The molecular weight excluding hydrogens is 442 g/mol. The third-order valence-electron chi connectivity index (χ3n) is 5.87. The molecule has 31 heavy (non-hydrogen) atoms. The fraction of sp³-hybridized carbons (Fsp3) is 0.571. The molecule has 0 radical (unpaired) electrons. The minimum absolute atomic E-state index is 0.0399. The van der Waals surface area contributed by atoms with E-state index in [-0.39, 0.29) is 17.4 Å². The van der Waals surface area contributed by atoms with Crippen LogP contribution < -0.4 is 5.32 Å². The molecule has 1 aromatic rings. The van der Waals surface area contributed by atoms with Crippen LogP contribution in [0.1, 0.15) is 39.2 Å². The summed E-state index contributed by atoms with van der Waals surface area (Å²) in [5.41, 5.74) is -0.671. The molecule has 170 valence electrons. The fourth-order valence-electron chi connectivity index (χ4n) is 4.24. The first-order valence-corrected chi connectivity index (χ1v) is 12.6. The van der Waals surface area contributed by atoms with Gasteiger partial charge in [-0.25, -0.2) is 13.2 Å². The Bertz CT molecular complexity index is 979. The summed E-state index contributed by atoms with van der Waals surface area (Å²) in [6.45, 7) is 5.58. The van der Waals surface area contributed by atoms with Gasteiger partial charge in [-0.1, -0.05) is 44.5 Å². The van der Waals surface area contributed by atoms with Crippen LogP contribution in [-0.4, -0.2) is 66.7 Å². The van der Waals surface area contributed by atoms with Crippen LogP contribution in [0, 0.1) is 5.92 Å². The summed E-state index contributed by atoms with van der Waals surface area (Å²) in [5.74, 6) is -0.867. The van der Waals surface area contributed by atoms with E-state index >= 15 is 0 Å². The number of nitrogens with zero attached hydrogens (tertiary/aromatic N) is 2. The largest absolute Gasteiger partial charge is 0.337 e. The van der Waals surface area contributed by atoms with Crippen molar-refractivity contribution >= 4 is 39.3 Å². The van der Waals surface area contributed by atoms with Gasteiger partial charge in [0.2, 0.25) is 5.91 Å². The highest BCUT2D eigenvalue weighted by Gasteiger charge is 2.52. The number of amides is 4. The SMILES string of the molecule is CCC1(c2ccc(Cl)cc2)NC(=O)N(CC(=O)N(CC(C)C)C2CCS(=O)(=O)C2)C1=O. The smallest absolute Gasteiger partial charge is 0.325 e. The third kappa shape index (κ3) is 4.72. The molecule has 0 aliphatic carbocycles. The Labute approximate surface area is 187 Å². The Kier molecular flexibility index (Phi) is 6.67. The zero-order valence-electron chi connectivity index (χ0n) is 17.9. The molecule has 10 heteroatoms. The van der Waals surface area contributed by atoms with Crippen LogP contribution in [0.2, 0.25) is 5.02 Å². The van der Waals surface area contributed by atoms with Crippen molar-refractivity contribution < 1.29 is 22.8 Å². The zero-order valence-corrected chi connectivity index (χ0v) is 19.5. The summed E-state index contributed by atoms with van der Waals surface area (Å²) >= 11 is 5.95. The number of hydrogen-bond donors (Lipinski definition) is 1. The molecule has 2 heterocycles. The second kappa shape index (κ2) is 8.78. The Morgan fingerprint density at radius 3 is 2.45 bits per heavy atom. The number of benzene rings is 1. The highest BCUT2D eigenvalue weighted by Crippen LogP contribution is 2.33. The van der Waals surface area contributed by atoms with Crippen molar-refractivity contribution in [1.29, 1.82) is 0 Å². The topological polar surface area (TPSA) is 104 Å². The molecule has 2 aliphatic rings. The summed E-state index contributed by atoms with van der Waals surface area (Å²) in [6.07, 6.45) is 0.672. The number of halogens is 1. The Morgan fingerprint density at radius 2 is 1.94 bits per heavy atom. The average Bonchev–Trinajstić information content (AvgIpc) is 3.18. The van der Waals surface area contributed by atoms with Gasteiger partial charge in [-0.05, 0) is 36.5 Å². The van der Waals surface area contributed by atoms with E-state index in [1.165, 1.54) is 4.90 Å². The molecule has 2 aliphatic heterocycles. The highest BCUT2D eigenvalue weighted by atomic mass is 35.5. The molecule has 0 aromatic heterocycles. The minimum Gasteiger partial charge on any atom is -0.337 e. The van der Waals surface area contributed by atoms with Gasteiger partial charge in [0.15, 0.2) is 9.84 Å². The summed E-state index contributed by atoms with van der Waals surface area (Å²) < 4.78 is 23.9. The van der Waals surface area contributed by atoms with Crippen LogP contribution in [0.3, 0.4) is 0 Å². The second-order valence-electron chi connectivity index (χ2n) is 8.58.